The van der Waals surface area contributed by atoms with E-state index in [1.807, 2.05) is 18.7 Å². The van der Waals surface area contributed by atoms with Gasteiger partial charge in [0.25, 0.3) is 0 Å². The van der Waals surface area contributed by atoms with Gasteiger partial charge in [0, 0.05) is 19.5 Å². The SMILES string of the molecule is CCCc1nc(C)c(CN=C(N)N2CCOC(C)C2)o1. The fraction of sp³-hybridized carbons (Fsp3) is 0.714. The standard InChI is InChI=1S/C14H24N4O2/c1-4-5-13-17-11(3)12(20-13)8-16-14(15)18-6-7-19-10(2)9-18/h10H,4-9H2,1-3H3,(H2,15,16). The predicted molar refractivity (Wildman–Crippen MR) is 77.5 cm³/mol. The third kappa shape index (κ3) is 3.72. The molecule has 112 valence electrons. The maximum absolute atomic E-state index is 6.03. The van der Waals surface area contributed by atoms with Crippen molar-refractivity contribution in [2.24, 2.45) is 10.7 Å². The number of ether oxygens (including phenoxy) is 1. The van der Waals surface area contributed by atoms with E-state index >= 15 is 0 Å². The van der Waals surface area contributed by atoms with E-state index in [1.54, 1.807) is 0 Å². The molecule has 0 aromatic carbocycles. The number of oxazole rings is 1. The van der Waals surface area contributed by atoms with Crippen molar-refractivity contribution < 1.29 is 9.15 Å². The van der Waals surface area contributed by atoms with Gasteiger partial charge in [-0.1, -0.05) is 6.92 Å². The van der Waals surface area contributed by atoms with Crippen LogP contribution in [0.5, 0.6) is 0 Å². The van der Waals surface area contributed by atoms with E-state index in [0.717, 1.165) is 43.3 Å². The molecule has 0 saturated carbocycles. The minimum Gasteiger partial charge on any atom is -0.443 e. The summed E-state index contributed by atoms with van der Waals surface area (Å²) >= 11 is 0. The molecule has 0 aliphatic carbocycles. The Morgan fingerprint density at radius 2 is 2.35 bits per heavy atom. The number of aromatic nitrogens is 1. The Morgan fingerprint density at radius 1 is 1.55 bits per heavy atom. The van der Waals surface area contributed by atoms with Crippen molar-refractivity contribution in [3.8, 4) is 0 Å². The summed E-state index contributed by atoms with van der Waals surface area (Å²) in [7, 11) is 0. The Morgan fingerprint density at radius 3 is 3.05 bits per heavy atom. The molecule has 1 unspecified atom stereocenters. The molecule has 6 heteroatoms. The van der Waals surface area contributed by atoms with Crippen molar-refractivity contribution >= 4 is 5.96 Å². The third-order valence-corrected chi connectivity index (χ3v) is 3.35. The number of guanidine groups is 1. The van der Waals surface area contributed by atoms with Gasteiger partial charge in [-0.05, 0) is 20.3 Å². The minimum absolute atomic E-state index is 0.195. The fourth-order valence-electron chi connectivity index (χ4n) is 2.24. The second-order valence-electron chi connectivity index (χ2n) is 5.17. The number of rotatable bonds is 4. The summed E-state index contributed by atoms with van der Waals surface area (Å²) in [6, 6.07) is 0. The molecule has 1 aromatic heterocycles. The van der Waals surface area contributed by atoms with Gasteiger partial charge in [-0.2, -0.15) is 0 Å². The van der Waals surface area contributed by atoms with E-state index in [2.05, 4.69) is 16.9 Å². The summed E-state index contributed by atoms with van der Waals surface area (Å²) < 4.78 is 11.2. The van der Waals surface area contributed by atoms with Crippen molar-refractivity contribution in [2.75, 3.05) is 19.7 Å². The quantitative estimate of drug-likeness (QED) is 0.667. The maximum atomic E-state index is 6.03. The van der Waals surface area contributed by atoms with Crippen LogP contribution in [0.25, 0.3) is 0 Å². The molecule has 20 heavy (non-hydrogen) atoms. The minimum atomic E-state index is 0.195. The number of nitrogens with two attached hydrogens (primary N) is 1. The molecule has 1 aliphatic rings. The van der Waals surface area contributed by atoms with Crippen molar-refractivity contribution in [3.05, 3.63) is 17.3 Å². The lowest BCUT2D eigenvalue weighted by molar-refractivity contribution is 0.00528. The molecule has 1 saturated heterocycles. The van der Waals surface area contributed by atoms with Crippen molar-refractivity contribution in [2.45, 2.75) is 46.3 Å². The Bertz CT molecular complexity index is 470. The van der Waals surface area contributed by atoms with Gasteiger partial charge in [0.2, 0.25) is 0 Å². The Balaban J connectivity index is 1.97. The van der Waals surface area contributed by atoms with Gasteiger partial charge >= 0.3 is 0 Å². The van der Waals surface area contributed by atoms with E-state index in [0.29, 0.717) is 19.1 Å². The first-order valence-electron chi connectivity index (χ1n) is 7.21. The third-order valence-electron chi connectivity index (χ3n) is 3.35. The van der Waals surface area contributed by atoms with Gasteiger partial charge in [0.05, 0.1) is 18.4 Å². The smallest absolute Gasteiger partial charge is 0.194 e. The van der Waals surface area contributed by atoms with Crippen LogP contribution in [-0.2, 0) is 17.7 Å². The normalized spacial score (nSPS) is 20.4. The monoisotopic (exact) mass is 280 g/mol. The Labute approximate surface area is 120 Å². The molecule has 2 heterocycles. The Hall–Kier alpha value is -1.56. The van der Waals surface area contributed by atoms with Crippen LogP contribution in [0.3, 0.4) is 0 Å². The summed E-state index contributed by atoms with van der Waals surface area (Å²) in [6.45, 7) is 8.80. The topological polar surface area (TPSA) is 76.9 Å². The molecule has 0 radical (unpaired) electrons. The van der Waals surface area contributed by atoms with Crippen LogP contribution in [0.15, 0.2) is 9.41 Å². The van der Waals surface area contributed by atoms with E-state index in [-0.39, 0.29) is 6.10 Å². The summed E-state index contributed by atoms with van der Waals surface area (Å²) in [5.41, 5.74) is 6.94. The van der Waals surface area contributed by atoms with E-state index in [4.69, 9.17) is 14.9 Å². The van der Waals surface area contributed by atoms with Crippen LogP contribution in [0, 0.1) is 6.92 Å². The summed E-state index contributed by atoms with van der Waals surface area (Å²) in [5, 5.41) is 0. The van der Waals surface area contributed by atoms with Crippen LogP contribution >= 0.6 is 0 Å². The number of nitrogens with zero attached hydrogens (tertiary/aromatic N) is 3. The average molecular weight is 280 g/mol. The predicted octanol–water partition coefficient (Wildman–Crippen LogP) is 1.47. The first-order valence-corrected chi connectivity index (χ1v) is 7.21. The highest BCUT2D eigenvalue weighted by Crippen LogP contribution is 2.13. The lowest BCUT2D eigenvalue weighted by Crippen LogP contribution is -2.47. The fourth-order valence-corrected chi connectivity index (χ4v) is 2.24. The molecule has 2 N–H and O–H groups in total. The zero-order valence-electron chi connectivity index (χ0n) is 12.6. The maximum Gasteiger partial charge on any atom is 0.194 e. The molecular formula is C14H24N4O2. The van der Waals surface area contributed by atoms with Gasteiger partial charge in [-0.15, -0.1) is 0 Å². The molecule has 1 aromatic rings. The van der Waals surface area contributed by atoms with Crippen molar-refractivity contribution in [3.63, 3.8) is 0 Å². The zero-order valence-corrected chi connectivity index (χ0v) is 12.6. The van der Waals surface area contributed by atoms with Gasteiger partial charge in [0.15, 0.2) is 11.9 Å². The molecule has 1 atom stereocenters. The molecule has 0 amide bonds. The van der Waals surface area contributed by atoms with Crippen molar-refractivity contribution in [1.29, 1.82) is 0 Å². The average Bonchev–Trinajstić information content (AvgIpc) is 2.77. The van der Waals surface area contributed by atoms with Gasteiger partial charge in [-0.3, -0.25) is 0 Å². The van der Waals surface area contributed by atoms with Crippen LogP contribution in [0.1, 0.15) is 37.6 Å². The molecule has 2 rings (SSSR count). The summed E-state index contributed by atoms with van der Waals surface area (Å²) in [6.07, 6.45) is 2.08. The second kappa shape index (κ2) is 6.74. The number of aliphatic imine (C=N–C) groups is 1. The summed E-state index contributed by atoms with van der Waals surface area (Å²) in [5.74, 6) is 2.14. The van der Waals surface area contributed by atoms with Crippen LogP contribution in [-0.4, -0.2) is 41.6 Å². The highest BCUT2D eigenvalue weighted by atomic mass is 16.5. The number of hydrogen-bond donors (Lipinski definition) is 1. The van der Waals surface area contributed by atoms with Gasteiger partial charge in [-0.25, -0.2) is 9.98 Å². The number of hydrogen-bond acceptors (Lipinski definition) is 4. The second-order valence-corrected chi connectivity index (χ2v) is 5.17. The van der Waals surface area contributed by atoms with E-state index in [9.17, 15) is 0 Å². The first-order chi connectivity index (χ1) is 9.60. The highest BCUT2D eigenvalue weighted by Gasteiger charge is 2.18. The van der Waals surface area contributed by atoms with E-state index in [1.165, 1.54) is 0 Å². The highest BCUT2D eigenvalue weighted by molar-refractivity contribution is 5.78. The summed E-state index contributed by atoms with van der Waals surface area (Å²) in [4.78, 5) is 10.9. The van der Waals surface area contributed by atoms with Crippen LogP contribution < -0.4 is 5.73 Å². The Kier molecular flexibility index (Phi) is 5.00. The molecular weight excluding hydrogens is 256 g/mol. The zero-order chi connectivity index (χ0) is 14.5. The molecule has 1 aliphatic heterocycles. The molecule has 0 spiro atoms. The first kappa shape index (κ1) is 14.8. The lowest BCUT2D eigenvalue weighted by Gasteiger charge is -2.31. The molecule has 6 nitrogen and oxygen atoms in total. The lowest BCUT2D eigenvalue weighted by atomic mass is 10.3. The molecule has 1 fully saturated rings. The molecule has 0 bridgehead atoms. The van der Waals surface area contributed by atoms with Crippen LogP contribution in [0.2, 0.25) is 0 Å². The van der Waals surface area contributed by atoms with E-state index < -0.39 is 0 Å². The number of morpholine rings is 1. The largest absolute Gasteiger partial charge is 0.443 e. The van der Waals surface area contributed by atoms with Crippen LogP contribution in [0.4, 0.5) is 0 Å². The van der Waals surface area contributed by atoms with Crippen molar-refractivity contribution in [1.82, 2.24) is 9.88 Å². The van der Waals surface area contributed by atoms with Gasteiger partial charge < -0.3 is 19.8 Å². The number of aryl methyl sites for hydroxylation is 2. The van der Waals surface area contributed by atoms with Gasteiger partial charge in [0.1, 0.15) is 12.3 Å².